The topological polar surface area (TPSA) is 152 Å². The number of carbonyl (C=O) groups excluding carboxylic acids is 1. The maximum absolute atomic E-state index is 13.0. The summed E-state index contributed by atoms with van der Waals surface area (Å²) < 4.78 is 38.4. The molecular weight excluding hydrogens is 512 g/mol. The quantitative estimate of drug-likeness (QED) is 0.354. The van der Waals surface area contributed by atoms with Gasteiger partial charge < -0.3 is 20.4 Å². The number of carboxylic acids is 2. The summed E-state index contributed by atoms with van der Waals surface area (Å²) in [6, 6.07) is 11.7. The molecule has 0 fully saturated rings. The van der Waals surface area contributed by atoms with Crippen LogP contribution in [-0.2, 0) is 31.6 Å². The van der Waals surface area contributed by atoms with Gasteiger partial charge in [0.2, 0.25) is 0 Å². The predicted molar refractivity (Wildman–Crippen MR) is 129 cm³/mol. The summed E-state index contributed by atoms with van der Waals surface area (Å²) in [5, 5.41) is 32.5. The third kappa shape index (κ3) is 9.92. The number of carboxylic acid groups (broad SMARTS) is 2. The second-order valence-electron chi connectivity index (χ2n) is 8.10. The van der Waals surface area contributed by atoms with Gasteiger partial charge in [-0.25, -0.2) is 22.6 Å². The van der Waals surface area contributed by atoms with Crippen LogP contribution in [-0.4, -0.2) is 79.1 Å². The summed E-state index contributed by atoms with van der Waals surface area (Å²) in [7, 11) is -1.26. The molecule has 0 bridgehead atoms. The zero-order valence-electron chi connectivity index (χ0n) is 19.6. The van der Waals surface area contributed by atoms with Gasteiger partial charge in [0.25, 0.3) is 0 Å². The van der Waals surface area contributed by atoms with E-state index in [0.717, 1.165) is 17.0 Å². The first-order chi connectivity index (χ1) is 17.5. The minimum Gasteiger partial charge on any atom is -0.479 e. The van der Waals surface area contributed by atoms with E-state index in [4.69, 9.17) is 20.4 Å². The number of nitrogens with zero attached hydrogens (tertiary/aromatic N) is 1. The summed E-state index contributed by atoms with van der Waals surface area (Å²) in [6.07, 6.45) is -1.19. The third-order valence-corrected chi connectivity index (χ3v) is 6.89. The van der Waals surface area contributed by atoms with Crippen molar-refractivity contribution in [1.29, 1.82) is 0 Å². The number of aliphatic carboxylic acids is 2. The number of hydrogen-bond donors (Lipinski definition) is 4. The average Bonchev–Trinajstić information content (AvgIpc) is 2.88. The Morgan fingerprint density at radius 3 is 1.86 bits per heavy atom. The van der Waals surface area contributed by atoms with Crippen molar-refractivity contribution >= 4 is 28.5 Å². The first-order valence-corrected chi connectivity index (χ1v) is 12.3. The van der Waals surface area contributed by atoms with Gasteiger partial charge >= 0.3 is 11.9 Å². The fraction of sp³-hybridized carbons (Fsp3) is 0.320. The van der Waals surface area contributed by atoms with Gasteiger partial charge in [0.1, 0.15) is 17.4 Å². The van der Waals surface area contributed by atoms with Crippen LogP contribution in [0, 0.1) is 11.6 Å². The van der Waals surface area contributed by atoms with Gasteiger partial charge in [-0.2, -0.15) is 0 Å². The van der Waals surface area contributed by atoms with Gasteiger partial charge in [-0.05, 0) is 48.4 Å². The number of hydrogen-bond acceptors (Lipinski definition) is 7. The van der Waals surface area contributed by atoms with Gasteiger partial charge in [0.15, 0.2) is 12.2 Å². The SMILES string of the molecule is O=C(CCN1CC=C(S(=O)c2ccc(F)cc2)CC1)Cc1ccc(F)cc1.O=C(O)C(O)C(O)C(=O)O. The molecule has 37 heavy (non-hydrogen) atoms. The van der Waals surface area contributed by atoms with Crippen LogP contribution >= 0.6 is 0 Å². The summed E-state index contributed by atoms with van der Waals surface area (Å²) in [5.74, 6) is -4.07. The molecule has 3 atom stereocenters. The number of carbonyl (C=O) groups is 3. The Bertz CT molecular complexity index is 1120. The van der Waals surface area contributed by atoms with Crippen molar-refractivity contribution in [3.63, 3.8) is 0 Å². The number of benzene rings is 2. The molecule has 2 aromatic rings. The fourth-order valence-corrected chi connectivity index (χ4v) is 4.43. The molecule has 4 N–H and O–H groups in total. The fourth-order valence-electron chi connectivity index (χ4n) is 3.24. The highest BCUT2D eigenvalue weighted by Crippen LogP contribution is 2.21. The smallest absolute Gasteiger partial charge is 0.335 e. The molecule has 0 aromatic heterocycles. The Morgan fingerprint density at radius 2 is 1.41 bits per heavy atom. The lowest BCUT2D eigenvalue weighted by molar-refractivity contribution is -0.165. The van der Waals surface area contributed by atoms with Crippen molar-refractivity contribution in [2.75, 3.05) is 19.6 Å². The Balaban J connectivity index is 0.000000410. The zero-order valence-corrected chi connectivity index (χ0v) is 20.4. The Morgan fingerprint density at radius 1 is 0.892 bits per heavy atom. The van der Waals surface area contributed by atoms with Gasteiger partial charge in [-0.1, -0.05) is 18.2 Å². The number of ketones is 1. The molecule has 1 heterocycles. The summed E-state index contributed by atoms with van der Waals surface area (Å²) in [5.41, 5.74) is 0.817. The van der Waals surface area contributed by atoms with Crippen LogP contribution in [0.4, 0.5) is 8.78 Å². The molecule has 0 aliphatic carbocycles. The van der Waals surface area contributed by atoms with Gasteiger partial charge in [0.05, 0.1) is 10.8 Å². The van der Waals surface area contributed by atoms with E-state index in [9.17, 15) is 27.4 Å². The highest BCUT2D eigenvalue weighted by atomic mass is 32.2. The molecule has 0 saturated heterocycles. The molecule has 3 rings (SSSR count). The molecule has 3 unspecified atom stereocenters. The molecule has 1 aliphatic rings. The first-order valence-electron chi connectivity index (χ1n) is 11.1. The van der Waals surface area contributed by atoms with E-state index >= 15 is 0 Å². The zero-order chi connectivity index (χ0) is 27.5. The van der Waals surface area contributed by atoms with E-state index < -0.39 is 34.9 Å². The highest BCUT2D eigenvalue weighted by Gasteiger charge is 2.29. The normalized spacial score (nSPS) is 15.9. The number of aliphatic hydroxyl groups excluding tert-OH is 2. The Kier molecular flexibility index (Phi) is 11.7. The summed E-state index contributed by atoms with van der Waals surface area (Å²) in [6.45, 7) is 2.03. The lowest BCUT2D eigenvalue weighted by atomic mass is 10.1. The average molecular weight is 540 g/mol. The van der Waals surface area contributed by atoms with E-state index in [1.807, 2.05) is 6.08 Å². The molecule has 12 heteroatoms. The largest absolute Gasteiger partial charge is 0.479 e. The van der Waals surface area contributed by atoms with Crippen molar-refractivity contribution in [3.05, 3.63) is 76.7 Å². The Hall–Kier alpha value is -3.32. The second-order valence-corrected chi connectivity index (χ2v) is 9.64. The number of halogens is 2. The van der Waals surface area contributed by atoms with Crippen molar-refractivity contribution in [2.24, 2.45) is 0 Å². The standard InChI is InChI=1S/C21H21F2NO2S.C4H6O6/c22-17-3-1-16(2-4-17)15-19(25)9-12-24-13-10-21(11-14-24)27(26)20-7-5-18(23)6-8-20;5-1(3(7)8)2(6)4(9)10/h1-8,10H,9,11-15H2;1-2,5-6H,(H,7,8)(H,9,10). The van der Waals surface area contributed by atoms with Crippen molar-refractivity contribution in [2.45, 2.75) is 36.4 Å². The Labute approximate surface area is 214 Å². The van der Waals surface area contributed by atoms with E-state index in [0.29, 0.717) is 37.2 Å². The molecule has 200 valence electrons. The molecule has 0 saturated carbocycles. The van der Waals surface area contributed by atoms with Crippen molar-refractivity contribution < 1.29 is 47.8 Å². The predicted octanol–water partition coefficient (Wildman–Crippen LogP) is 1.74. The van der Waals surface area contributed by atoms with Crippen LogP contribution in [0.15, 0.2) is 64.4 Å². The number of aliphatic hydroxyl groups is 2. The second kappa shape index (κ2) is 14.4. The molecule has 0 spiro atoms. The lowest BCUT2D eigenvalue weighted by Gasteiger charge is -2.25. The third-order valence-electron chi connectivity index (χ3n) is 5.34. The molecule has 9 nitrogen and oxygen atoms in total. The maximum atomic E-state index is 13.0. The van der Waals surface area contributed by atoms with Crippen LogP contribution in [0.1, 0.15) is 18.4 Å². The minimum absolute atomic E-state index is 0.117. The van der Waals surface area contributed by atoms with Crippen LogP contribution in [0.5, 0.6) is 0 Å². The van der Waals surface area contributed by atoms with E-state index in [1.165, 1.54) is 24.3 Å². The molecule has 0 radical (unpaired) electrons. The molecular formula is C25H27F2NO8S. The molecule has 1 aliphatic heterocycles. The molecule has 2 aromatic carbocycles. The first kappa shape index (κ1) is 29.9. The number of rotatable bonds is 10. The summed E-state index contributed by atoms with van der Waals surface area (Å²) in [4.78, 5) is 35.2. The maximum Gasteiger partial charge on any atom is 0.335 e. The van der Waals surface area contributed by atoms with Gasteiger partial charge in [0, 0.05) is 42.3 Å². The van der Waals surface area contributed by atoms with Crippen molar-refractivity contribution in [1.82, 2.24) is 4.90 Å². The van der Waals surface area contributed by atoms with Crippen LogP contribution in [0.25, 0.3) is 0 Å². The monoisotopic (exact) mass is 539 g/mol. The van der Waals surface area contributed by atoms with E-state index in [2.05, 4.69) is 4.90 Å². The molecule has 0 amide bonds. The van der Waals surface area contributed by atoms with Gasteiger partial charge in [-0.15, -0.1) is 0 Å². The van der Waals surface area contributed by atoms with E-state index in [1.54, 1.807) is 24.3 Å². The van der Waals surface area contributed by atoms with Crippen LogP contribution < -0.4 is 0 Å². The summed E-state index contributed by atoms with van der Waals surface area (Å²) >= 11 is 0. The van der Waals surface area contributed by atoms with E-state index in [-0.39, 0.29) is 17.4 Å². The highest BCUT2D eigenvalue weighted by molar-refractivity contribution is 7.89. The number of Topliss-reactive ketones (excluding diaryl/α,β-unsaturated/α-hetero) is 1. The van der Waals surface area contributed by atoms with Crippen LogP contribution in [0.2, 0.25) is 0 Å². The minimum atomic E-state index is -2.27. The lowest BCUT2D eigenvalue weighted by Crippen LogP contribution is -2.39. The van der Waals surface area contributed by atoms with Gasteiger partial charge in [-0.3, -0.25) is 9.69 Å². The van der Waals surface area contributed by atoms with Crippen LogP contribution in [0.3, 0.4) is 0 Å². The van der Waals surface area contributed by atoms with Crippen molar-refractivity contribution in [3.8, 4) is 0 Å².